The third kappa shape index (κ3) is 4.58. The Morgan fingerprint density at radius 2 is 1.27 bits per heavy atom. The first-order chi connectivity index (χ1) is 10.8. The van der Waals surface area contributed by atoms with Gasteiger partial charge in [-0.05, 0) is 0 Å². The average Bonchev–Trinajstić information content (AvgIpc) is 2.55. The van der Waals surface area contributed by atoms with E-state index in [9.17, 15) is 0 Å². The number of aryl methyl sites for hydroxylation is 2. The van der Waals surface area contributed by atoms with Gasteiger partial charge in [0.2, 0.25) is 11.4 Å². The minimum absolute atomic E-state index is 0.858. The summed E-state index contributed by atoms with van der Waals surface area (Å²) in [6.45, 7) is 9.62. The highest BCUT2D eigenvalue weighted by Crippen LogP contribution is 1.97. The van der Waals surface area contributed by atoms with Crippen molar-refractivity contribution in [2.24, 2.45) is 0 Å². The van der Waals surface area contributed by atoms with Crippen LogP contribution in [-0.4, -0.2) is 9.97 Å². The second-order valence-electron chi connectivity index (χ2n) is 5.21. The summed E-state index contributed by atoms with van der Waals surface area (Å²) in [6.07, 6.45) is 19.4. The highest BCUT2D eigenvalue weighted by molar-refractivity contribution is 4.94. The number of rotatable bonds is 9. The van der Waals surface area contributed by atoms with Crippen LogP contribution in [0.2, 0.25) is 0 Å². The van der Waals surface area contributed by atoms with Crippen LogP contribution in [0.25, 0.3) is 0 Å². The standard InChI is InChI=1S/C18H24N4/c1-3-7-17-15-19-9-13-21(17)11-5-6-12-22-14-10-20-16-18(22)8-4-2/h3-4,9-10,13-16H,1-2,5-8,11-12H2/q+2. The van der Waals surface area contributed by atoms with Gasteiger partial charge in [0.15, 0.2) is 12.4 Å². The lowest BCUT2D eigenvalue weighted by Gasteiger charge is -2.03. The summed E-state index contributed by atoms with van der Waals surface area (Å²) in [6, 6.07) is 0. The average molecular weight is 296 g/mol. The van der Waals surface area contributed by atoms with E-state index in [4.69, 9.17) is 0 Å². The van der Waals surface area contributed by atoms with Gasteiger partial charge in [0.25, 0.3) is 0 Å². The Kier molecular flexibility index (Phi) is 6.42. The monoisotopic (exact) mass is 296 g/mol. The Balaban J connectivity index is 1.87. The van der Waals surface area contributed by atoms with Crippen LogP contribution in [-0.2, 0) is 25.9 Å². The maximum Gasteiger partial charge on any atom is 0.203 e. The molecule has 0 atom stereocenters. The number of hydrogen-bond donors (Lipinski definition) is 0. The molecule has 0 aliphatic rings. The zero-order chi connectivity index (χ0) is 15.6. The molecule has 22 heavy (non-hydrogen) atoms. The van der Waals surface area contributed by atoms with Gasteiger partial charge in [-0.3, -0.25) is 9.97 Å². The van der Waals surface area contributed by atoms with Gasteiger partial charge in [-0.1, -0.05) is 12.2 Å². The Bertz CT molecular complexity index is 566. The molecule has 0 N–H and O–H groups in total. The number of hydrogen-bond acceptors (Lipinski definition) is 2. The van der Waals surface area contributed by atoms with E-state index in [2.05, 4.69) is 32.3 Å². The summed E-state index contributed by atoms with van der Waals surface area (Å²) in [5.74, 6) is 0. The SMILES string of the molecule is C=CCc1cncc[n+]1CCCC[n+]1ccncc1CC=C. The summed E-state index contributed by atoms with van der Waals surface area (Å²) in [7, 11) is 0. The molecule has 0 saturated carbocycles. The van der Waals surface area contributed by atoms with E-state index in [-0.39, 0.29) is 0 Å². The van der Waals surface area contributed by atoms with Gasteiger partial charge < -0.3 is 0 Å². The molecule has 4 heteroatoms. The lowest BCUT2D eigenvalue weighted by atomic mass is 10.2. The predicted octanol–water partition coefficient (Wildman–Crippen LogP) is 1.99. The fourth-order valence-electron chi connectivity index (χ4n) is 2.47. The van der Waals surface area contributed by atoms with Crippen LogP contribution in [0, 0.1) is 0 Å². The van der Waals surface area contributed by atoms with Gasteiger partial charge in [0.1, 0.15) is 13.1 Å². The van der Waals surface area contributed by atoms with Crippen molar-refractivity contribution >= 4 is 0 Å². The molecular weight excluding hydrogens is 272 g/mol. The van der Waals surface area contributed by atoms with E-state index in [0.29, 0.717) is 0 Å². The summed E-state index contributed by atoms with van der Waals surface area (Å²) >= 11 is 0. The molecule has 2 heterocycles. The molecule has 0 aliphatic carbocycles. The number of nitrogens with zero attached hydrogens (tertiary/aromatic N) is 4. The first kappa shape index (κ1) is 16.0. The van der Waals surface area contributed by atoms with Crippen molar-refractivity contribution in [1.82, 2.24) is 9.97 Å². The predicted molar refractivity (Wildman–Crippen MR) is 85.9 cm³/mol. The van der Waals surface area contributed by atoms with E-state index >= 15 is 0 Å². The zero-order valence-corrected chi connectivity index (χ0v) is 13.1. The molecule has 0 bridgehead atoms. The van der Waals surface area contributed by atoms with Crippen LogP contribution in [0.1, 0.15) is 24.2 Å². The summed E-state index contributed by atoms with van der Waals surface area (Å²) in [5, 5.41) is 0. The van der Waals surface area contributed by atoms with Crippen LogP contribution < -0.4 is 9.13 Å². The molecule has 0 spiro atoms. The molecule has 0 amide bonds. The fourth-order valence-corrected chi connectivity index (χ4v) is 2.47. The zero-order valence-electron chi connectivity index (χ0n) is 13.1. The third-order valence-corrected chi connectivity index (χ3v) is 3.61. The van der Waals surface area contributed by atoms with Gasteiger partial charge >= 0.3 is 0 Å². The highest BCUT2D eigenvalue weighted by Gasteiger charge is 2.11. The van der Waals surface area contributed by atoms with Crippen molar-refractivity contribution in [2.75, 3.05) is 0 Å². The maximum atomic E-state index is 4.18. The molecule has 2 aromatic rings. The van der Waals surface area contributed by atoms with Crippen molar-refractivity contribution in [3.05, 3.63) is 73.9 Å². The molecule has 0 aromatic carbocycles. The Labute approximate surface area is 132 Å². The number of unbranched alkanes of at least 4 members (excludes halogenated alkanes) is 1. The van der Waals surface area contributed by atoms with Gasteiger partial charge in [-0.15, -0.1) is 13.2 Å². The highest BCUT2D eigenvalue weighted by atomic mass is 15.0. The first-order valence-electron chi connectivity index (χ1n) is 7.71. The molecule has 0 saturated heterocycles. The van der Waals surface area contributed by atoms with Crippen LogP contribution >= 0.6 is 0 Å². The fraction of sp³-hybridized carbons (Fsp3) is 0.333. The van der Waals surface area contributed by atoms with Gasteiger partial charge in [0.05, 0.1) is 37.6 Å². The summed E-state index contributed by atoms with van der Waals surface area (Å²) in [4.78, 5) is 8.37. The first-order valence-corrected chi connectivity index (χ1v) is 7.71. The number of aromatic nitrogens is 4. The molecular formula is C18H24N4+2. The minimum atomic E-state index is 0.858. The molecule has 0 aliphatic heterocycles. The lowest BCUT2D eigenvalue weighted by molar-refractivity contribution is -0.715. The number of allylic oxidation sites excluding steroid dienone is 2. The van der Waals surface area contributed by atoms with Crippen LogP contribution in [0.4, 0.5) is 0 Å². The topological polar surface area (TPSA) is 33.5 Å². The quantitative estimate of drug-likeness (QED) is 0.403. The smallest absolute Gasteiger partial charge is 0.203 e. The van der Waals surface area contributed by atoms with E-state index in [1.54, 1.807) is 0 Å². The van der Waals surface area contributed by atoms with Crippen molar-refractivity contribution in [1.29, 1.82) is 0 Å². The molecule has 0 unspecified atom stereocenters. The van der Waals surface area contributed by atoms with Crippen molar-refractivity contribution in [2.45, 2.75) is 38.8 Å². The Morgan fingerprint density at radius 1 is 0.818 bits per heavy atom. The Hall–Kier alpha value is -2.36. The van der Waals surface area contributed by atoms with E-state index in [0.717, 1.165) is 38.8 Å². The van der Waals surface area contributed by atoms with Crippen molar-refractivity contribution in [3.8, 4) is 0 Å². The van der Waals surface area contributed by atoms with E-state index in [1.807, 2.05) is 49.3 Å². The van der Waals surface area contributed by atoms with E-state index in [1.165, 1.54) is 11.4 Å². The van der Waals surface area contributed by atoms with Crippen LogP contribution in [0.3, 0.4) is 0 Å². The third-order valence-electron chi connectivity index (χ3n) is 3.61. The van der Waals surface area contributed by atoms with E-state index < -0.39 is 0 Å². The molecule has 0 radical (unpaired) electrons. The maximum absolute atomic E-state index is 4.18. The molecule has 114 valence electrons. The summed E-state index contributed by atoms with van der Waals surface area (Å²) < 4.78 is 4.52. The minimum Gasteiger partial charge on any atom is -0.252 e. The van der Waals surface area contributed by atoms with Crippen LogP contribution in [0.5, 0.6) is 0 Å². The molecule has 2 aromatic heterocycles. The largest absolute Gasteiger partial charge is 0.252 e. The lowest BCUT2D eigenvalue weighted by Crippen LogP contribution is -2.40. The Morgan fingerprint density at radius 3 is 1.68 bits per heavy atom. The van der Waals surface area contributed by atoms with Crippen molar-refractivity contribution in [3.63, 3.8) is 0 Å². The summed E-state index contributed by atoms with van der Waals surface area (Å²) in [5.41, 5.74) is 2.42. The second-order valence-corrected chi connectivity index (χ2v) is 5.21. The van der Waals surface area contributed by atoms with Crippen LogP contribution in [0.15, 0.2) is 62.5 Å². The van der Waals surface area contributed by atoms with Crippen molar-refractivity contribution < 1.29 is 9.13 Å². The normalized spacial score (nSPS) is 10.4. The molecule has 2 rings (SSSR count). The molecule has 0 fully saturated rings. The van der Waals surface area contributed by atoms with Gasteiger partial charge in [0, 0.05) is 12.8 Å². The van der Waals surface area contributed by atoms with Gasteiger partial charge in [-0.25, -0.2) is 0 Å². The molecule has 4 nitrogen and oxygen atoms in total. The van der Waals surface area contributed by atoms with Gasteiger partial charge in [-0.2, -0.15) is 9.13 Å². The second kappa shape index (κ2) is 8.82.